The number of rotatable bonds is 10. The number of benzene rings is 2. The number of hydrogen-bond donors (Lipinski definition) is 0. The second-order valence-electron chi connectivity index (χ2n) is 9.10. The van der Waals surface area contributed by atoms with E-state index in [0.717, 1.165) is 53.8 Å². The van der Waals surface area contributed by atoms with Crippen molar-refractivity contribution in [3.05, 3.63) is 81.3 Å². The average molecular weight is 478 g/mol. The van der Waals surface area contributed by atoms with E-state index in [0.29, 0.717) is 19.6 Å². The van der Waals surface area contributed by atoms with Crippen LogP contribution < -0.4 is 4.74 Å². The molecule has 0 bridgehead atoms. The summed E-state index contributed by atoms with van der Waals surface area (Å²) in [5.74, 6) is 1.06. The molecule has 1 aromatic heterocycles. The van der Waals surface area contributed by atoms with Crippen molar-refractivity contribution in [1.82, 2.24) is 14.8 Å². The second kappa shape index (κ2) is 12.1. The normalized spacial score (nSPS) is 14.2. The van der Waals surface area contributed by atoms with Crippen molar-refractivity contribution in [2.45, 2.75) is 52.7 Å². The Hall–Kier alpha value is -2.70. The predicted molar refractivity (Wildman–Crippen MR) is 138 cm³/mol. The van der Waals surface area contributed by atoms with E-state index >= 15 is 0 Å². The van der Waals surface area contributed by atoms with Crippen LogP contribution in [0.3, 0.4) is 0 Å². The highest BCUT2D eigenvalue weighted by atomic mass is 32.1. The molecule has 2 heterocycles. The molecule has 0 unspecified atom stereocenters. The zero-order valence-electron chi connectivity index (χ0n) is 20.3. The minimum Gasteiger partial charge on any atom is -0.486 e. The molecule has 180 valence electrons. The molecular weight excluding hydrogens is 442 g/mol. The fourth-order valence-corrected chi connectivity index (χ4v) is 5.02. The highest BCUT2D eigenvalue weighted by Gasteiger charge is 2.19. The smallest absolute Gasteiger partial charge is 0.227 e. The van der Waals surface area contributed by atoms with Crippen LogP contribution in [0.1, 0.15) is 46.7 Å². The van der Waals surface area contributed by atoms with Crippen LogP contribution in [0.25, 0.3) is 0 Å². The van der Waals surface area contributed by atoms with Crippen LogP contribution >= 0.6 is 11.3 Å². The van der Waals surface area contributed by atoms with Crippen molar-refractivity contribution in [2.75, 3.05) is 26.2 Å². The van der Waals surface area contributed by atoms with Crippen LogP contribution in [-0.2, 0) is 24.4 Å². The highest BCUT2D eigenvalue weighted by Crippen LogP contribution is 2.23. The predicted octanol–water partition coefficient (Wildman–Crippen LogP) is 5.40. The van der Waals surface area contributed by atoms with Gasteiger partial charge >= 0.3 is 0 Å². The number of aryl methyl sites for hydroxylation is 1. The molecule has 0 N–H and O–H groups in total. The first-order valence-corrected chi connectivity index (χ1v) is 13.1. The number of aromatic nitrogens is 1. The van der Waals surface area contributed by atoms with Crippen molar-refractivity contribution in [2.24, 2.45) is 0 Å². The molecule has 1 fully saturated rings. The van der Waals surface area contributed by atoms with Gasteiger partial charge in [0.05, 0.1) is 18.7 Å². The average Bonchev–Trinajstić information content (AvgIpc) is 3.31. The van der Waals surface area contributed by atoms with Gasteiger partial charge in [0.2, 0.25) is 5.91 Å². The third-order valence-electron chi connectivity index (χ3n) is 6.54. The molecule has 1 saturated heterocycles. The number of hydrogen-bond acceptors (Lipinski definition) is 5. The Morgan fingerprint density at radius 2 is 1.85 bits per heavy atom. The minimum absolute atomic E-state index is 0.157. The summed E-state index contributed by atoms with van der Waals surface area (Å²) in [6.45, 7) is 9.09. The standard InChI is InChI=1S/C28H35N3O2S/c1-22-10-9-13-26(23(22)2)33-20-27-29-25(21-34-27)19-31(17-16-30-14-7-4-8-15-30)28(32)18-24-11-5-3-6-12-24/h3,5-6,9-13,21H,4,7-8,14-20H2,1-2H3. The van der Waals surface area contributed by atoms with Crippen LogP contribution in [0, 0.1) is 13.8 Å². The van der Waals surface area contributed by atoms with Gasteiger partial charge in [-0.25, -0.2) is 4.98 Å². The van der Waals surface area contributed by atoms with Crippen molar-refractivity contribution in [3.63, 3.8) is 0 Å². The fourth-order valence-electron chi connectivity index (χ4n) is 4.32. The number of ether oxygens (including phenoxy) is 1. The second-order valence-corrected chi connectivity index (χ2v) is 10.0. The van der Waals surface area contributed by atoms with E-state index in [-0.39, 0.29) is 5.91 Å². The monoisotopic (exact) mass is 477 g/mol. The lowest BCUT2D eigenvalue weighted by Gasteiger charge is -2.30. The lowest BCUT2D eigenvalue weighted by atomic mass is 10.1. The third kappa shape index (κ3) is 6.90. The van der Waals surface area contributed by atoms with Gasteiger partial charge < -0.3 is 14.5 Å². The van der Waals surface area contributed by atoms with Crippen molar-refractivity contribution in [1.29, 1.82) is 0 Å². The van der Waals surface area contributed by atoms with Gasteiger partial charge in [-0.1, -0.05) is 48.9 Å². The van der Waals surface area contributed by atoms with E-state index in [1.807, 2.05) is 47.4 Å². The lowest BCUT2D eigenvalue weighted by Crippen LogP contribution is -2.40. The number of piperidine rings is 1. The summed E-state index contributed by atoms with van der Waals surface area (Å²) in [4.78, 5) is 22.5. The first kappa shape index (κ1) is 24.4. The summed E-state index contributed by atoms with van der Waals surface area (Å²) >= 11 is 1.60. The Kier molecular flexibility index (Phi) is 8.72. The Balaban J connectivity index is 1.38. The summed E-state index contributed by atoms with van der Waals surface area (Å²) in [5.41, 5.74) is 4.37. The number of carbonyl (C=O) groups excluding carboxylic acids is 1. The molecule has 0 radical (unpaired) electrons. The highest BCUT2D eigenvalue weighted by molar-refractivity contribution is 7.09. The summed E-state index contributed by atoms with van der Waals surface area (Å²) in [6.07, 6.45) is 4.26. The maximum Gasteiger partial charge on any atom is 0.227 e. The largest absolute Gasteiger partial charge is 0.486 e. The number of likely N-dealkylation sites (tertiary alicyclic amines) is 1. The summed E-state index contributed by atoms with van der Waals surface area (Å²) in [7, 11) is 0. The molecule has 2 aromatic carbocycles. The van der Waals surface area contributed by atoms with Crippen LogP contribution in [-0.4, -0.2) is 46.9 Å². The van der Waals surface area contributed by atoms with E-state index in [2.05, 4.69) is 30.2 Å². The van der Waals surface area contributed by atoms with E-state index in [9.17, 15) is 4.79 Å². The number of nitrogens with zero attached hydrogens (tertiary/aromatic N) is 3. The van der Waals surface area contributed by atoms with Gasteiger partial charge in [0.1, 0.15) is 17.4 Å². The number of thiazole rings is 1. The first-order valence-electron chi connectivity index (χ1n) is 12.2. The first-order chi connectivity index (χ1) is 16.6. The quantitative estimate of drug-likeness (QED) is 0.392. The van der Waals surface area contributed by atoms with Gasteiger partial charge in [0.15, 0.2) is 0 Å². The molecule has 34 heavy (non-hydrogen) atoms. The topological polar surface area (TPSA) is 45.7 Å². The third-order valence-corrected chi connectivity index (χ3v) is 7.42. The van der Waals surface area contributed by atoms with Gasteiger partial charge in [-0.05, 0) is 62.5 Å². The molecule has 1 aliphatic heterocycles. The van der Waals surface area contributed by atoms with Gasteiger partial charge in [-0.15, -0.1) is 11.3 Å². The molecule has 0 spiro atoms. The molecule has 6 heteroatoms. The Morgan fingerprint density at radius 1 is 1.06 bits per heavy atom. The van der Waals surface area contributed by atoms with Gasteiger partial charge in [0.25, 0.3) is 0 Å². The van der Waals surface area contributed by atoms with Crippen LogP contribution in [0.5, 0.6) is 5.75 Å². The summed E-state index contributed by atoms with van der Waals surface area (Å²) < 4.78 is 6.04. The lowest BCUT2D eigenvalue weighted by molar-refractivity contribution is -0.131. The zero-order chi connectivity index (χ0) is 23.8. The maximum atomic E-state index is 13.2. The minimum atomic E-state index is 0.157. The Morgan fingerprint density at radius 3 is 2.65 bits per heavy atom. The molecule has 0 aliphatic carbocycles. The van der Waals surface area contributed by atoms with E-state index in [1.165, 1.54) is 24.8 Å². The SMILES string of the molecule is Cc1cccc(OCc2nc(CN(CCN3CCCCC3)C(=O)Cc3ccccc3)cs2)c1C. The Labute approximate surface area is 207 Å². The van der Waals surface area contributed by atoms with Gasteiger partial charge in [-0.3, -0.25) is 4.79 Å². The molecule has 5 nitrogen and oxygen atoms in total. The fraction of sp³-hybridized carbons (Fsp3) is 0.429. The molecule has 1 aliphatic rings. The maximum absolute atomic E-state index is 13.2. The molecule has 0 atom stereocenters. The van der Waals surface area contributed by atoms with Crippen molar-refractivity contribution in [3.8, 4) is 5.75 Å². The zero-order valence-corrected chi connectivity index (χ0v) is 21.2. The molecule has 1 amide bonds. The molecule has 3 aromatic rings. The van der Waals surface area contributed by atoms with Crippen LogP contribution in [0.4, 0.5) is 0 Å². The van der Waals surface area contributed by atoms with Gasteiger partial charge in [-0.2, -0.15) is 0 Å². The number of amides is 1. The van der Waals surface area contributed by atoms with E-state index < -0.39 is 0 Å². The summed E-state index contributed by atoms with van der Waals surface area (Å²) in [5, 5.41) is 2.99. The molecular formula is C28H35N3O2S. The molecule has 4 rings (SSSR count). The van der Waals surface area contributed by atoms with Crippen molar-refractivity contribution >= 4 is 17.2 Å². The van der Waals surface area contributed by atoms with Crippen molar-refractivity contribution < 1.29 is 9.53 Å². The van der Waals surface area contributed by atoms with Crippen LogP contribution in [0.2, 0.25) is 0 Å². The van der Waals surface area contributed by atoms with E-state index in [1.54, 1.807) is 11.3 Å². The number of carbonyl (C=O) groups is 1. The van der Waals surface area contributed by atoms with Gasteiger partial charge in [0, 0.05) is 18.5 Å². The summed E-state index contributed by atoms with van der Waals surface area (Å²) in [6, 6.07) is 16.1. The van der Waals surface area contributed by atoms with Crippen LogP contribution in [0.15, 0.2) is 53.9 Å². The Bertz CT molecular complexity index is 1060. The molecule has 0 saturated carbocycles. The van der Waals surface area contributed by atoms with E-state index in [4.69, 9.17) is 9.72 Å².